The van der Waals surface area contributed by atoms with Crippen LogP contribution in [0.1, 0.15) is 11.4 Å². The lowest BCUT2D eigenvalue weighted by atomic mass is 10.1. The summed E-state index contributed by atoms with van der Waals surface area (Å²) in [5.74, 6) is 2.76. The van der Waals surface area contributed by atoms with Crippen molar-refractivity contribution in [1.29, 1.82) is 0 Å². The van der Waals surface area contributed by atoms with E-state index in [0.29, 0.717) is 77.7 Å². The Morgan fingerprint density at radius 2 is 1.71 bits per heavy atom. The summed E-state index contributed by atoms with van der Waals surface area (Å²) in [5.41, 5.74) is 1.21. The Kier molecular flexibility index (Phi) is 6.49. The number of methoxy groups -OCH3 is 2. The second-order valence-electron chi connectivity index (χ2n) is 8.13. The van der Waals surface area contributed by atoms with E-state index in [-0.39, 0.29) is 12.1 Å². The van der Waals surface area contributed by atoms with Crippen molar-refractivity contribution in [2.45, 2.75) is 13.1 Å². The fraction of sp³-hybridized carbons (Fsp3) is 0.417. The van der Waals surface area contributed by atoms with E-state index in [1.54, 1.807) is 37.0 Å². The van der Waals surface area contributed by atoms with Crippen LogP contribution in [-0.2, 0) is 17.8 Å². The summed E-state index contributed by atoms with van der Waals surface area (Å²) in [6, 6.07) is 7.09. The Balaban J connectivity index is 1.62. The molecular formula is C24H26ClN3O6. The number of hydrogen-bond donors (Lipinski definition) is 0. The first-order valence-corrected chi connectivity index (χ1v) is 11.5. The van der Waals surface area contributed by atoms with Gasteiger partial charge in [-0.15, -0.1) is 0 Å². The van der Waals surface area contributed by atoms with E-state index in [0.717, 1.165) is 18.7 Å². The molecule has 1 aromatic heterocycles. The van der Waals surface area contributed by atoms with E-state index < -0.39 is 0 Å². The van der Waals surface area contributed by atoms with Gasteiger partial charge in [0.05, 0.1) is 56.4 Å². The average molecular weight is 488 g/mol. The number of morpholine rings is 1. The van der Waals surface area contributed by atoms with Crippen molar-refractivity contribution in [1.82, 2.24) is 14.5 Å². The molecule has 9 nitrogen and oxygen atoms in total. The lowest BCUT2D eigenvalue weighted by Gasteiger charge is -2.27. The summed E-state index contributed by atoms with van der Waals surface area (Å²) in [6.07, 6.45) is 0. The summed E-state index contributed by atoms with van der Waals surface area (Å²) in [7, 11) is 3.10. The molecule has 180 valence electrons. The van der Waals surface area contributed by atoms with Gasteiger partial charge in [-0.05, 0) is 23.8 Å². The number of aromatic nitrogens is 2. The maximum absolute atomic E-state index is 13.7. The molecule has 0 amide bonds. The molecule has 3 heterocycles. The molecule has 0 N–H and O–H groups in total. The highest BCUT2D eigenvalue weighted by atomic mass is 35.5. The van der Waals surface area contributed by atoms with Crippen molar-refractivity contribution in [3.05, 3.63) is 51.0 Å². The van der Waals surface area contributed by atoms with Crippen molar-refractivity contribution in [3.8, 4) is 23.0 Å². The van der Waals surface area contributed by atoms with Gasteiger partial charge in [0.1, 0.15) is 19.0 Å². The zero-order valence-electron chi connectivity index (χ0n) is 19.1. The van der Waals surface area contributed by atoms with Crippen LogP contribution >= 0.6 is 11.6 Å². The largest absolute Gasteiger partial charge is 0.493 e. The molecule has 2 aliphatic rings. The van der Waals surface area contributed by atoms with Crippen LogP contribution in [-0.4, -0.2) is 68.2 Å². The number of halogens is 1. The molecule has 0 aliphatic carbocycles. The molecule has 0 bridgehead atoms. The molecule has 1 saturated heterocycles. The normalized spacial score (nSPS) is 16.0. The van der Waals surface area contributed by atoms with Gasteiger partial charge in [0.2, 0.25) is 0 Å². The van der Waals surface area contributed by atoms with Crippen LogP contribution in [0.4, 0.5) is 0 Å². The molecule has 34 heavy (non-hydrogen) atoms. The molecule has 0 radical (unpaired) electrons. The zero-order chi connectivity index (χ0) is 23.7. The van der Waals surface area contributed by atoms with Crippen LogP contribution in [0.5, 0.6) is 23.0 Å². The smallest absolute Gasteiger partial charge is 0.261 e. The van der Waals surface area contributed by atoms with Gasteiger partial charge >= 0.3 is 0 Å². The van der Waals surface area contributed by atoms with Gasteiger partial charge in [0.15, 0.2) is 23.0 Å². The quantitative estimate of drug-likeness (QED) is 0.525. The summed E-state index contributed by atoms with van der Waals surface area (Å²) in [6.45, 7) is 4.56. The van der Waals surface area contributed by atoms with Crippen molar-refractivity contribution in [2.24, 2.45) is 0 Å². The predicted octanol–water partition coefficient (Wildman–Crippen LogP) is 2.72. The van der Waals surface area contributed by atoms with Crippen LogP contribution in [0, 0.1) is 0 Å². The number of nitrogens with zero attached hydrogens (tertiary/aromatic N) is 3. The molecule has 5 rings (SSSR count). The standard InChI is InChI=1S/C24H26ClN3O6/c1-30-19-11-16-18(12-20(19)31-2)26-22(14-27-3-5-32-6-4-27)28(24(16)29)13-15-9-17(25)23-21(10-15)33-7-8-34-23/h9-12H,3-8,13-14H2,1-2H3. The van der Waals surface area contributed by atoms with E-state index in [1.165, 1.54) is 0 Å². The van der Waals surface area contributed by atoms with Gasteiger partial charge in [-0.2, -0.15) is 0 Å². The second-order valence-corrected chi connectivity index (χ2v) is 8.54. The van der Waals surface area contributed by atoms with Crippen molar-refractivity contribution >= 4 is 22.5 Å². The Bertz CT molecular complexity index is 1270. The number of benzene rings is 2. The zero-order valence-corrected chi connectivity index (χ0v) is 19.9. The summed E-state index contributed by atoms with van der Waals surface area (Å²) < 4.78 is 29.4. The third-order valence-electron chi connectivity index (χ3n) is 6.00. The van der Waals surface area contributed by atoms with Crippen LogP contribution in [0.15, 0.2) is 29.1 Å². The molecule has 0 spiro atoms. The van der Waals surface area contributed by atoms with Crippen LogP contribution < -0.4 is 24.5 Å². The highest BCUT2D eigenvalue weighted by Gasteiger charge is 2.21. The van der Waals surface area contributed by atoms with Crippen molar-refractivity contribution in [3.63, 3.8) is 0 Å². The van der Waals surface area contributed by atoms with Crippen molar-refractivity contribution in [2.75, 3.05) is 53.7 Å². The molecule has 0 atom stereocenters. The molecule has 3 aromatic rings. The SMILES string of the molecule is COc1cc2nc(CN3CCOCC3)n(Cc3cc(Cl)c4c(c3)OCCO4)c(=O)c2cc1OC. The molecule has 10 heteroatoms. The van der Waals surface area contributed by atoms with Gasteiger partial charge in [-0.25, -0.2) is 4.98 Å². The minimum Gasteiger partial charge on any atom is -0.493 e. The summed E-state index contributed by atoms with van der Waals surface area (Å²) >= 11 is 6.46. The van der Waals surface area contributed by atoms with Gasteiger partial charge < -0.3 is 23.7 Å². The van der Waals surface area contributed by atoms with Crippen molar-refractivity contribution < 1.29 is 23.7 Å². The van der Waals surface area contributed by atoms with Crippen LogP contribution in [0.3, 0.4) is 0 Å². The highest BCUT2D eigenvalue weighted by Crippen LogP contribution is 2.38. The van der Waals surface area contributed by atoms with E-state index >= 15 is 0 Å². The fourth-order valence-electron chi connectivity index (χ4n) is 4.28. The van der Waals surface area contributed by atoms with Gasteiger partial charge in [0, 0.05) is 19.2 Å². The minimum absolute atomic E-state index is 0.166. The maximum Gasteiger partial charge on any atom is 0.261 e. The summed E-state index contributed by atoms with van der Waals surface area (Å²) in [4.78, 5) is 20.8. The lowest BCUT2D eigenvalue weighted by Crippen LogP contribution is -2.38. The van der Waals surface area contributed by atoms with Gasteiger partial charge in [-0.3, -0.25) is 14.3 Å². The molecule has 2 aliphatic heterocycles. The highest BCUT2D eigenvalue weighted by molar-refractivity contribution is 6.32. The number of hydrogen-bond acceptors (Lipinski definition) is 8. The number of ether oxygens (including phenoxy) is 5. The molecule has 1 fully saturated rings. The third kappa shape index (κ3) is 4.38. The topological polar surface area (TPSA) is 84.3 Å². The average Bonchev–Trinajstić information content (AvgIpc) is 2.86. The second kappa shape index (κ2) is 9.69. The van der Waals surface area contributed by atoms with E-state index in [4.69, 9.17) is 40.3 Å². The van der Waals surface area contributed by atoms with E-state index in [1.807, 2.05) is 6.07 Å². The molecule has 0 unspecified atom stereocenters. The molecule has 0 saturated carbocycles. The lowest BCUT2D eigenvalue weighted by molar-refractivity contribution is 0.0325. The van der Waals surface area contributed by atoms with Gasteiger partial charge in [0.25, 0.3) is 5.56 Å². The van der Waals surface area contributed by atoms with Crippen LogP contribution in [0.2, 0.25) is 5.02 Å². The van der Waals surface area contributed by atoms with Gasteiger partial charge in [-0.1, -0.05) is 11.6 Å². The first kappa shape index (κ1) is 22.8. The fourth-order valence-corrected chi connectivity index (χ4v) is 4.56. The minimum atomic E-state index is -0.166. The monoisotopic (exact) mass is 487 g/mol. The Morgan fingerprint density at radius 1 is 0.971 bits per heavy atom. The Labute approximate surface area is 201 Å². The Hall–Kier alpha value is -3.01. The van der Waals surface area contributed by atoms with Crippen LogP contribution in [0.25, 0.3) is 10.9 Å². The van der Waals surface area contributed by atoms with E-state index in [2.05, 4.69) is 4.90 Å². The molecular weight excluding hydrogens is 462 g/mol. The summed E-state index contributed by atoms with van der Waals surface area (Å²) in [5, 5.41) is 0.905. The molecule has 2 aromatic carbocycles. The third-order valence-corrected chi connectivity index (χ3v) is 6.29. The van der Waals surface area contributed by atoms with E-state index in [9.17, 15) is 4.79 Å². The Morgan fingerprint density at radius 3 is 2.47 bits per heavy atom. The number of fused-ring (bicyclic) bond motifs is 2. The predicted molar refractivity (Wildman–Crippen MR) is 127 cm³/mol. The number of rotatable bonds is 6. The first-order chi connectivity index (χ1) is 16.6. The maximum atomic E-state index is 13.7. The first-order valence-electron chi connectivity index (χ1n) is 11.1.